The Balaban J connectivity index is 1.69. The number of phenols is 1. The van der Waals surface area contributed by atoms with E-state index in [4.69, 9.17) is 0 Å². The van der Waals surface area contributed by atoms with Crippen molar-refractivity contribution in [2.24, 2.45) is 0 Å². The quantitative estimate of drug-likeness (QED) is 0.621. The Labute approximate surface area is 140 Å². The van der Waals surface area contributed by atoms with Crippen LogP contribution in [0.25, 0.3) is 16.5 Å². The van der Waals surface area contributed by atoms with Crippen LogP contribution in [0, 0.1) is 0 Å². The first-order valence-electron chi connectivity index (χ1n) is 7.97. The lowest BCUT2D eigenvalue weighted by atomic mass is 10.1. The summed E-state index contributed by atoms with van der Waals surface area (Å²) in [5.41, 5.74) is 2.00. The largest absolute Gasteiger partial charge is 0.508 e. The number of fused-ring (bicyclic) bond motifs is 1. The number of aromatic nitrogens is 3. The van der Waals surface area contributed by atoms with Gasteiger partial charge in [-0.05, 0) is 29.5 Å². The Morgan fingerprint density at radius 2 is 1.62 bits per heavy atom. The van der Waals surface area contributed by atoms with Crippen LogP contribution >= 0.6 is 0 Å². The highest BCUT2D eigenvalue weighted by Crippen LogP contribution is 2.24. The fourth-order valence-electron chi connectivity index (χ4n) is 3.02. The molecule has 4 rings (SSSR count). The van der Waals surface area contributed by atoms with Gasteiger partial charge in [-0.15, -0.1) is 10.2 Å². The van der Waals surface area contributed by atoms with Crippen LogP contribution in [-0.4, -0.2) is 19.9 Å². The molecule has 4 nitrogen and oxygen atoms in total. The van der Waals surface area contributed by atoms with E-state index in [2.05, 4.69) is 34.5 Å². The van der Waals surface area contributed by atoms with Crippen molar-refractivity contribution >= 4 is 10.8 Å². The molecule has 0 atom stereocenters. The second-order valence-electron chi connectivity index (χ2n) is 5.74. The number of phenolic OH excluding ortho intramolecular Hbond substituents is 1. The van der Waals surface area contributed by atoms with Gasteiger partial charge in [0.15, 0.2) is 0 Å². The Morgan fingerprint density at radius 3 is 2.54 bits per heavy atom. The van der Waals surface area contributed by atoms with Crippen LogP contribution in [0.4, 0.5) is 0 Å². The number of aryl methyl sites for hydroxylation is 2. The smallest absolute Gasteiger partial charge is 0.137 e. The number of para-hydroxylation sites is 1. The number of rotatable bonds is 4. The van der Waals surface area contributed by atoms with Crippen LogP contribution in [0.1, 0.15) is 11.4 Å². The highest BCUT2D eigenvalue weighted by atomic mass is 16.3. The second kappa shape index (κ2) is 6.16. The summed E-state index contributed by atoms with van der Waals surface area (Å²) in [6, 6.07) is 21.9. The normalized spacial score (nSPS) is 11.0. The minimum Gasteiger partial charge on any atom is -0.508 e. The molecule has 0 amide bonds. The SMILES string of the molecule is Oc1ccccc1CCc1nncn1-c1cccc2ccccc12. The Morgan fingerprint density at radius 1 is 0.833 bits per heavy atom. The van der Waals surface area contributed by atoms with Crippen molar-refractivity contribution in [1.29, 1.82) is 0 Å². The summed E-state index contributed by atoms with van der Waals surface area (Å²) in [7, 11) is 0. The van der Waals surface area contributed by atoms with Gasteiger partial charge in [-0.3, -0.25) is 4.57 Å². The van der Waals surface area contributed by atoms with Gasteiger partial charge in [0.25, 0.3) is 0 Å². The summed E-state index contributed by atoms with van der Waals surface area (Å²) in [4.78, 5) is 0. The third-order valence-corrected chi connectivity index (χ3v) is 4.25. The van der Waals surface area contributed by atoms with Crippen molar-refractivity contribution in [3.8, 4) is 11.4 Å². The summed E-state index contributed by atoms with van der Waals surface area (Å²) in [6.45, 7) is 0. The molecule has 0 radical (unpaired) electrons. The number of hydrogen-bond acceptors (Lipinski definition) is 3. The van der Waals surface area contributed by atoms with E-state index < -0.39 is 0 Å². The lowest BCUT2D eigenvalue weighted by Crippen LogP contribution is -2.03. The summed E-state index contributed by atoms with van der Waals surface area (Å²) < 4.78 is 2.03. The fourth-order valence-corrected chi connectivity index (χ4v) is 3.02. The summed E-state index contributed by atoms with van der Waals surface area (Å²) in [5.74, 6) is 1.21. The van der Waals surface area contributed by atoms with Crippen LogP contribution in [0.3, 0.4) is 0 Å². The van der Waals surface area contributed by atoms with Crippen molar-refractivity contribution in [3.05, 3.63) is 84.4 Å². The first kappa shape index (κ1) is 14.5. The number of benzene rings is 3. The average molecular weight is 315 g/mol. The van der Waals surface area contributed by atoms with Gasteiger partial charge in [0.1, 0.15) is 17.9 Å². The molecule has 0 aliphatic carbocycles. The molecular formula is C20H17N3O. The number of aromatic hydroxyl groups is 1. The molecule has 118 valence electrons. The van der Waals surface area contributed by atoms with Gasteiger partial charge in [-0.2, -0.15) is 0 Å². The third-order valence-electron chi connectivity index (χ3n) is 4.25. The molecule has 1 heterocycles. The van der Waals surface area contributed by atoms with Crippen LogP contribution in [0.15, 0.2) is 73.1 Å². The van der Waals surface area contributed by atoms with E-state index >= 15 is 0 Å². The predicted molar refractivity (Wildman–Crippen MR) is 94.4 cm³/mol. The van der Waals surface area contributed by atoms with Gasteiger partial charge in [0, 0.05) is 11.8 Å². The highest BCUT2D eigenvalue weighted by molar-refractivity contribution is 5.90. The van der Waals surface area contributed by atoms with E-state index in [1.165, 1.54) is 10.8 Å². The molecule has 1 aromatic heterocycles. The minimum absolute atomic E-state index is 0.328. The van der Waals surface area contributed by atoms with Gasteiger partial charge in [0.05, 0.1) is 5.69 Å². The second-order valence-corrected chi connectivity index (χ2v) is 5.74. The zero-order chi connectivity index (χ0) is 16.4. The van der Waals surface area contributed by atoms with Crippen LogP contribution in [0.2, 0.25) is 0 Å². The van der Waals surface area contributed by atoms with Crippen molar-refractivity contribution in [2.45, 2.75) is 12.8 Å². The summed E-state index contributed by atoms with van der Waals surface area (Å²) in [6.07, 6.45) is 3.18. The van der Waals surface area contributed by atoms with E-state index in [0.717, 1.165) is 23.5 Å². The molecule has 1 N–H and O–H groups in total. The molecular weight excluding hydrogens is 298 g/mol. The first-order chi connectivity index (χ1) is 11.8. The zero-order valence-corrected chi connectivity index (χ0v) is 13.1. The fraction of sp³-hybridized carbons (Fsp3) is 0.100. The van der Waals surface area contributed by atoms with E-state index in [0.29, 0.717) is 12.2 Å². The molecule has 0 unspecified atom stereocenters. The maximum absolute atomic E-state index is 9.92. The Bertz CT molecular complexity index is 986. The molecule has 0 spiro atoms. The van der Waals surface area contributed by atoms with E-state index in [1.807, 2.05) is 41.0 Å². The number of hydrogen-bond donors (Lipinski definition) is 1. The first-order valence-corrected chi connectivity index (χ1v) is 7.97. The molecule has 24 heavy (non-hydrogen) atoms. The monoisotopic (exact) mass is 315 g/mol. The molecule has 0 bridgehead atoms. The standard InChI is InChI=1S/C20H17N3O/c24-19-11-4-2-7-16(19)12-13-20-22-21-14-23(20)18-10-5-8-15-6-1-3-9-17(15)18/h1-11,14,24H,12-13H2. The van der Waals surface area contributed by atoms with Gasteiger partial charge in [0.2, 0.25) is 0 Å². The maximum Gasteiger partial charge on any atom is 0.137 e. The molecule has 0 saturated heterocycles. The lowest BCUT2D eigenvalue weighted by molar-refractivity contribution is 0.467. The minimum atomic E-state index is 0.328. The van der Waals surface area contributed by atoms with Gasteiger partial charge < -0.3 is 5.11 Å². The lowest BCUT2D eigenvalue weighted by Gasteiger charge is -2.10. The van der Waals surface area contributed by atoms with E-state index in [9.17, 15) is 5.11 Å². The maximum atomic E-state index is 9.92. The van der Waals surface area contributed by atoms with Crippen LogP contribution in [-0.2, 0) is 12.8 Å². The Hall–Kier alpha value is -3.14. The van der Waals surface area contributed by atoms with Gasteiger partial charge in [-0.1, -0.05) is 54.6 Å². The van der Waals surface area contributed by atoms with Gasteiger partial charge >= 0.3 is 0 Å². The van der Waals surface area contributed by atoms with Crippen molar-refractivity contribution in [3.63, 3.8) is 0 Å². The van der Waals surface area contributed by atoms with Crippen molar-refractivity contribution in [1.82, 2.24) is 14.8 Å². The Kier molecular flexibility index (Phi) is 3.71. The molecule has 0 saturated carbocycles. The number of nitrogens with zero attached hydrogens (tertiary/aromatic N) is 3. The summed E-state index contributed by atoms with van der Waals surface area (Å²) >= 11 is 0. The average Bonchev–Trinajstić information content (AvgIpc) is 3.09. The van der Waals surface area contributed by atoms with Crippen molar-refractivity contribution in [2.75, 3.05) is 0 Å². The highest BCUT2D eigenvalue weighted by Gasteiger charge is 2.10. The molecule has 0 aliphatic heterocycles. The van der Waals surface area contributed by atoms with E-state index in [-0.39, 0.29) is 0 Å². The molecule has 4 heteroatoms. The zero-order valence-electron chi connectivity index (χ0n) is 13.1. The van der Waals surface area contributed by atoms with E-state index in [1.54, 1.807) is 12.4 Å². The molecule has 0 fully saturated rings. The summed E-state index contributed by atoms with van der Waals surface area (Å²) in [5, 5.41) is 20.7. The molecule has 3 aromatic carbocycles. The van der Waals surface area contributed by atoms with Crippen LogP contribution < -0.4 is 0 Å². The molecule has 0 aliphatic rings. The van der Waals surface area contributed by atoms with Crippen LogP contribution in [0.5, 0.6) is 5.75 Å². The topological polar surface area (TPSA) is 50.9 Å². The third kappa shape index (κ3) is 2.63. The molecule has 4 aromatic rings. The predicted octanol–water partition coefficient (Wildman–Crippen LogP) is 3.91. The van der Waals surface area contributed by atoms with Gasteiger partial charge in [-0.25, -0.2) is 0 Å². The van der Waals surface area contributed by atoms with Crippen molar-refractivity contribution < 1.29 is 5.11 Å².